The van der Waals surface area contributed by atoms with Gasteiger partial charge < -0.3 is 15.7 Å². The molecule has 0 aromatic heterocycles. The largest absolute Gasteiger partial charge is 0.506 e. The van der Waals surface area contributed by atoms with Gasteiger partial charge in [-0.1, -0.05) is 12.1 Å². The Labute approximate surface area is 80.7 Å². The summed E-state index contributed by atoms with van der Waals surface area (Å²) in [6.07, 6.45) is 0.435. The van der Waals surface area contributed by atoms with Crippen LogP contribution < -0.4 is 10.6 Å². The van der Waals surface area contributed by atoms with Crippen molar-refractivity contribution in [1.82, 2.24) is 5.32 Å². The number of rotatable bonds is 4. The zero-order valence-corrected chi connectivity index (χ0v) is 7.36. The maximum atomic E-state index is 11.1. The van der Waals surface area contributed by atoms with Crippen LogP contribution in [0.4, 0.5) is 5.69 Å². The van der Waals surface area contributed by atoms with Gasteiger partial charge in [-0.15, -0.1) is 0 Å². The molecule has 0 heterocycles. The lowest BCUT2D eigenvalue weighted by atomic mass is 10.3. The van der Waals surface area contributed by atoms with E-state index in [-0.39, 0.29) is 12.3 Å². The summed E-state index contributed by atoms with van der Waals surface area (Å²) in [5.74, 6) is -0.398. The zero-order valence-electron chi connectivity index (χ0n) is 7.36. The molecule has 0 saturated heterocycles. The minimum absolute atomic E-state index is 0.00745. The Balaban J connectivity index is 2.56. The van der Waals surface area contributed by atoms with Gasteiger partial charge in [0.1, 0.15) is 5.75 Å². The first-order valence-electron chi connectivity index (χ1n) is 3.99. The molecule has 0 saturated carbocycles. The number of hydrogen-bond acceptors (Lipinski definition) is 3. The van der Waals surface area contributed by atoms with E-state index in [2.05, 4.69) is 10.6 Å². The van der Waals surface area contributed by atoms with Gasteiger partial charge in [0.25, 0.3) is 0 Å². The molecule has 74 valence electrons. The monoisotopic (exact) mass is 194 g/mol. The highest BCUT2D eigenvalue weighted by Crippen LogP contribution is 2.20. The van der Waals surface area contributed by atoms with E-state index in [4.69, 9.17) is 0 Å². The topological polar surface area (TPSA) is 78.4 Å². The average molecular weight is 194 g/mol. The molecule has 0 atom stereocenters. The molecule has 0 aliphatic carbocycles. The van der Waals surface area contributed by atoms with Gasteiger partial charge in [-0.2, -0.15) is 0 Å². The fourth-order valence-corrected chi connectivity index (χ4v) is 0.908. The van der Waals surface area contributed by atoms with Crippen LogP contribution in [0.3, 0.4) is 0 Å². The summed E-state index contributed by atoms with van der Waals surface area (Å²) < 4.78 is 0. The predicted molar refractivity (Wildman–Crippen MR) is 50.8 cm³/mol. The Morgan fingerprint density at radius 2 is 2.14 bits per heavy atom. The number of phenolic OH excluding ortho intramolecular Hbond substituents is 1. The molecule has 3 N–H and O–H groups in total. The summed E-state index contributed by atoms with van der Waals surface area (Å²) >= 11 is 0. The molecular weight excluding hydrogens is 184 g/mol. The smallest absolute Gasteiger partial charge is 0.243 e. The van der Waals surface area contributed by atoms with Gasteiger partial charge in [0, 0.05) is 0 Å². The third kappa shape index (κ3) is 2.78. The van der Waals surface area contributed by atoms with Crippen molar-refractivity contribution >= 4 is 18.0 Å². The van der Waals surface area contributed by atoms with Crippen LogP contribution in [0.15, 0.2) is 24.3 Å². The molecule has 2 amide bonds. The van der Waals surface area contributed by atoms with Gasteiger partial charge in [0.2, 0.25) is 12.3 Å². The van der Waals surface area contributed by atoms with Crippen molar-refractivity contribution in [1.29, 1.82) is 0 Å². The van der Waals surface area contributed by atoms with E-state index >= 15 is 0 Å². The van der Waals surface area contributed by atoms with E-state index in [0.717, 1.165) is 0 Å². The highest BCUT2D eigenvalue weighted by atomic mass is 16.3. The normalized spacial score (nSPS) is 9.14. The third-order valence-electron chi connectivity index (χ3n) is 1.52. The lowest BCUT2D eigenvalue weighted by molar-refractivity contribution is -0.118. The van der Waals surface area contributed by atoms with E-state index in [1.165, 1.54) is 6.07 Å². The first kappa shape index (κ1) is 10.0. The van der Waals surface area contributed by atoms with E-state index in [1.54, 1.807) is 18.2 Å². The van der Waals surface area contributed by atoms with Gasteiger partial charge in [0.15, 0.2) is 0 Å². The highest BCUT2D eigenvalue weighted by Gasteiger charge is 2.03. The van der Waals surface area contributed by atoms with E-state index in [9.17, 15) is 14.7 Å². The molecule has 0 aliphatic heterocycles. The van der Waals surface area contributed by atoms with Crippen LogP contribution in [0.2, 0.25) is 0 Å². The summed E-state index contributed by atoms with van der Waals surface area (Å²) in [5, 5.41) is 13.9. The van der Waals surface area contributed by atoms with Crippen LogP contribution in [0.1, 0.15) is 0 Å². The Bertz CT molecular complexity index is 339. The molecule has 0 unspecified atom stereocenters. The minimum Gasteiger partial charge on any atom is -0.506 e. The number of para-hydroxylation sites is 2. The second-order valence-electron chi connectivity index (χ2n) is 2.56. The molecule has 0 fully saturated rings. The van der Waals surface area contributed by atoms with Crippen molar-refractivity contribution in [2.24, 2.45) is 0 Å². The first-order chi connectivity index (χ1) is 6.74. The number of nitrogens with one attached hydrogen (secondary N) is 2. The number of carbonyl (C=O) groups is 2. The van der Waals surface area contributed by atoms with Crippen molar-refractivity contribution in [2.45, 2.75) is 0 Å². The van der Waals surface area contributed by atoms with Gasteiger partial charge in [-0.25, -0.2) is 0 Å². The lowest BCUT2D eigenvalue weighted by Crippen LogP contribution is -2.26. The highest BCUT2D eigenvalue weighted by molar-refractivity contribution is 5.94. The van der Waals surface area contributed by atoms with Crippen molar-refractivity contribution in [3.8, 4) is 5.75 Å². The van der Waals surface area contributed by atoms with Crippen molar-refractivity contribution < 1.29 is 14.7 Å². The maximum Gasteiger partial charge on any atom is 0.243 e. The van der Waals surface area contributed by atoms with Gasteiger partial charge in [-0.05, 0) is 12.1 Å². The van der Waals surface area contributed by atoms with Gasteiger partial charge >= 0.3 is 0 Å². The number of hydrogen-bond donors (Lipinski definition) is 3. The Hall–Kier alpha value is -2.04. The van der Waals surface area contributed by atoms with Gasteiger partial charge in [-0.3, -0.25) is 9.59 Å². The molecule has 14 heavy (non-hydrogen) atoms. The second kappa shape index (κ2) is 4.86. The predicted octanol–water partition coefficient (Wildman–Crippen LogP) is 0.0767. The van der Waals surface area contributed by atoms with Crippen LogP contribution in [0.5, 0.6) is 5.75 Å². The summed E-state index contributed by atoms with van der Waals surface area (Å²) in [7, 11) is 0. The Morgan fingerprint density at radius 3 is 2.79 bits per heavy atom. The number of benzene rings is 1. The lowest BCUT2D eigenvalue weighted by Gasteiger charge is -2.05. The fraction of sp³-hybridized carbons (Fsp3) is 0.111. The van der Waals surface area contributed by atoms with E-state index in [1.807, 2.05) is 0 Å². The molecule has 0 bridgehead atoms. The van der Waals surface area contributed by atoms with Crippen LogP contribution in [0.25, 0.3) is 0 Å². The summed E-state index contributed by atoms with van der Waals surface area (Å²) in [5.41, 5.74) is 0.324. The van der Waals surface area contributed by atoms with Crippen molar-refractivity contribution in [3.05, 3.63) is 24.3 Å². The van der Waals surface area contributed by atoms with Gasteiger partial charge in [0.05, 0.1) is 12.2 Å². The number of amides is 2. The number of carbonyl (C=O) groups excluding carboxylic acids is 2. The molecule has 1 aromatic carbocycles. The molecular formula is C9H10N2O3. The zero-order chi connectivity index (χ0) is 10.4. The van der Waals surface area contributed by atoms with Crippen molar-refractivity contribution in [3.63, 3.8) is 0 Å². The molecule has 0 radical (unpaired) electrons. The van der Waals surface area contributed by atoms with E-state index < -0.39 is 5.91 Å². The minimum atomic E-state index is -0.390. The molecule has 5 nitrogen and oxygen atoms in total. The number of aromatic hydroxyl groups is 1. The molecule has 1 aromatic rings. The quantitative estimate of drug-likeness (QED) is 0.469. The number of phenols is 1. The molecule has 0 aliphatic rings. The molecule has 0 spiro atoms. The van der Waals surface area contributed by atoms with Crippen LogP contribution in [0, 0.1) is 0 Å². The van der Waals surface area contributed by atoms with Crippen LogP contribution in [-0.2, 0) is 9.59 Å². The summed E-state index contributed by atoms with van der Waals surface area (Å²) in [4.78, 5) is 21.0. The Kier molecular flexibility index (Phi) is 3.49. The van der Waals surface area contributed by atoms with E-state index in [0.29, 0.717) is 12.1 Å². The van der Waals surface area contributed by atoms with Crippen LogP contribution in [-0.4, -0.2) is 24.0 Å². The molecule has 5 heteroatoms. The second-order valence-corrected chi connectivity index (χ2v) is 2.56. The fourth-order valence-electron chi connectivity index (χ4n) is 0.908. The summed E-state index contributed by atoms with van der Waals surface area (Å²) in [6.45, 7) is -0.113. The Morgan fingerprint density at radius 1 is 1.43 bits per heavy atom. The SMILES string of the molecule is O=CNCC(=O)Nc1ccccc1O. The van der Waals surface area contributed by atoms with Crippen molar-refractivity contribution in [2.75, 3.05) is 11.9 Å². The molecule has 1 rings (SSSR count). The standard InChI is InChI=1S/C9H10N2O3/c12-6-10-5-9(14)11-7-3-1-2-4-8(7)13/h1-4,6,13H,5H2,(H,10,12)(H,11,14). The number of anilines is 1. The third-order valence-corrected chi connectivity index (χ3v) is 1.52. The average Bonchev–Trinajstić information content (AvgIpc) is 2.18. The first-order valence-corrected chi connectivity index (χ1v) is 3.99. The van der Waals surface area contributed by atoms with Crippen LogP contribution >= 0.6 is 0 Å². The summed E-state index contributed by atoms with van der Waals surface area (Å²) in [6, 6.07) is 6.36. The maximum absolute atomic E-state index is 11.1.